The van der Waals surface area contributed by atoms with Crippen molar-refractivity contribution in [2.24, 2.45) is 40.0 Å². The summed E-state index contributed by atoms with van der Waals surface area (Å²) in [5.74, 6) is 2.90. The van der Waals surface area contributed by atoms with Crippen LogP contribution in [0, 0.1) is 35.0 Å². The summed E-state index contributed by atoms with van der Waals surface area (Å²) < 4.78 is 5.85. The summed E-state index contributed by atoms with van der Waals surface area (Å²) in [5.41, 5.74) is 5.69. The van der Waals surface area contributed by atoms with E-state index in [1.54, 1.807) is 0 Å². The highest BCUT2D eigenvalue weighted by molar-refractivity contribution is 5.88. The fourth-order valence-corrected chi connectivity index (χ4v) is 6.13. The molecule has 0 amide bonds. The number of aliphatic imine (C=N–C) groups is 1. The molecule has 1 saturated carbocycles. The van der Waals surface area contributed by atoms with Crippen molar-refractivity contribution < 1.29 is 4.74 Å². The highest BCUT2D eigenvalue weighted by Crippen LogP contribution is 2.65. The van der Waals surface area contributed by atoms with Gasteiger partial charge in [0.15, 0.2) is 0 Å². The van der Waals surface area contributed by atoms with Gasteiger partial charge in [0, 0.05) is 17.0 Å². The number of nitrogens with zero attached hydrogens (tertiary/aromatic N) is 1. The molecule has 4 atom stereocenters. The summed E-state index contributed by atoms with van der Waals surface area (Å²) in [6.45, 7) is 20.6. The Kier molecular flexibility index (Phi) is 7.85. The summed E-state index contributed by atoms with van der Waals surface area (Å²) in [4.78, 5) is 4.93. The smallest absolute Gasteiger partial charge is 0.205 e. The largest absolute Gasteiger partial charge is 0.478 e. The molecule has 2 nitrogen and oxygen atoms in total. The van der Waals surface area contributed by atoms with E-state index in [2.05, 4.69) is 97.6 Å². The van der Waals surface area contributed by atoms with Crippen LogP contribution in [-0.4, -0.2) is 12.3 Å². The highest BCUT2D eigenvalue weighted by atomic mass is 16.5. The van der Waals surface area contributed by atoms with Crippen LogP contribution in [0.15, 0.2) is 76.7 Å². The van der Waals surface area contributed by atoms with Gasteiger partial charge in [-0.05, 0) is 75.9 Å². The maximum absolute atomic E-state index is 5.85. The average molecular weight is 434 g/mol. The van der Waals surface area contributed by atoms with Crippen molar-refractivity contribution >= 4 is 5.71 Å². The van der Waals surface area contributed by atoms with Crippen LogP contribution in [0.1, 0.15) is 67.7 Å². The predicted octanol–water partition coefficient (Wildman–Crippen LogP) is 8.22. The van der Waals surface area contributed by atoms with Crippen LogP contribution in [0.2, 0.25) is 0 Å². The van der Waals surface area contributed by atoms with Gasteiger partial charge >= 0.3 is 0 Å². The summed E-state index contributed by atoms with van der Waals surface area (Å²) in [6.07, 6.45) is 19.7. The Morgan fingerprint density at radius 2 is 1.88 bits per heavy atom. The minimum absolute atomic E-state index is 0.00531. The molecular formula is C30H43NO. The molecule has 0 aromatic rings. The minimum atomic E-state index is 0.00531. The van der Waals surface area contributed by atoms with E-state index in [0.29, 0.717) is 42.1 Å². The summed E-state index contributed by atoms with van der Waals surface area (Å²) >= 11 is 0. The van der Waals surface area contributed by atoms with Gasteiger partial charge < -0.3 is 4.74 Å². The monoisotopic (exact) mass is 433 g/mol. The zero-order valence-corrected chi connectivity index (χ0v) is 21.3. The Balaban J connectivity index is 2.13. The second kappa shape index (κ2) is 10.2. The normalized spacial score (nSPS) is 35.2. The van der Waals surface area contributed by atoms with Crippen molar-refractivity contribution in [3.05, 3.63) is 71.7 Å². The molecule has 3 rings (SSSR count). The van der Waals surface area contributed by atoms with Crippen molar-refractivity contribution in [1.82, 2.24) is 0 Å². The zero-order chi connectivity index (χ0) is 23.5. The fraction of sp³-hybridized carbons (Fsp3) is 0.567. The minimum Gasteiger partial charge on any atom is -0.478 e. The van der Waals surface area contributed by atoms with E-state index in [-0.39, 0.29) is 5.41 Å². The van der Waals surface area contributed by atoms with Crippen LogP contribution < -0.4 is 0 Å². The van der Waals surface area contributed by atoms with Crippen LogP contribution in [0.25, 0.3) is 0 Å². The molecule has 0 aromatic carbocycles. The molecule has 0 N–H and O–H groups in total. The van der Waals surface area contributed by atoms with Crippen molar-refractivity contribution in [2.45, 2.75) is 67.7 Å². The average Bonchev–Trinajstić information content (AvgIpc) is 3.52. The number of hydrogen-bond acceptors (Lipinski definition) is 2. The maximum Gasteiger partial charge on any atom is 0.205 e. The molecule has 3 aliphatic rings. The Labute approximate surface area is 196 Å². The van der Waals surface area contributed by atoms with Crippen molar-refractivity contribution in [3.63, 3.8) is 0 Å². The molecule has 4 unspecified atom stereocenters. The number of hydrogen-bond donors (Lipinski definition) is 0. The van der Waals surface area contributed by atoms with E-state index in [4.69, 9.17) is 9.73 Å². The first kappa shape index (κ1) is 24.6. The Morgan fingerprint density at radius 3 is 2.50 bits per heavy atom. The third-order valence-corrected chi connectivity index (χ3v) is 7.54. The number of rotatable bonds is 8. The Morgan fingerprint density at radius 1 is 1.19 bits per heavy atom. The van der Waals surface area contributed by atoms with Gasteiger partial charge in [0.25, 0.3) is 0 Å². The van der Waals surface area contributed by atoms with Gasteiger partial charge in [-0.1, -0.05) is 81.4 Å². The van der Waals surface area contributed by atoms with Gasteiger partial charge in [0.05, 0.1) is 6.61 Å². The molecular weight excluding hydrogens is 390 g/mol. The second-order valence-corrected chi connectivity index (χ2v) is 10.4. The van der Waals surface area contributed by atoms with Crippen LogP contribution in [0.3, 0.4) is 0 Å². The summed E-state index contributed by atoms with van der Waals surface area (Å²) in [5, 5.41) is 0. The SMILES string of the molecule is C=C(/N=C(/C)C1C(C)C=C(C)C1(C1=C(/C)C(CC)C=C/C=C/C=C\1)C1CC1)OCC(C)C. The van der Waals surface area contributed by atoms with E-state index >= 15 is 0 Å². The third-order valence-electron chi connectivity index (χ3n) is 7.54. The third kappa shape index (κ3) is 4.80. The zero-order valence-electron chi connectivity index (χ0n) is 21.3. The van der Waals surface area contributed by atoms with Crippen LogP contribution in [0.5, 0.6) is 0 Å². The molecule has 0 radical (unpaired) electrons. The molecule has 174 valence electrons. The molecule has 0 saturated heterocycles. The molecule has 0 aliphatic heterocycles. The molecule has 0 bridgehead atoms. The molecule has 3 aliphatic carbocycles. The van der Waals surface area contributed by atoms with Crippen molar-refractivity contribution in [2.75, 3.05) is 6.61 Å². The van der Waals surface area contributed by atoms with Gasteiger partial charge in [-0.2, -0.15) is 0 Å². The van der Waals surface area contributed by atoms with E-state index in [1.807, 2.05) is 0 Å². The predicted molar refractivity (Wildman–Crippen MR) is 139 cm³/mol. The van der Waals surface area contributed by atoms with Crippen molar-refractivity contribution in [1.29, 1.82) is 0 Å². The first-order valence-electron chi connectivity index (χ1n) is 12.5. The first-order valence-corrected chi connectivity index (χ1v) is 12.5. The Hall–Kier alpha value is -2.09. The van der Waals surface area contributed by atoms with Gasteiger partial charge in [0.2, 0.25) is 5.88 Å². The number of ether oxygens (including phenoxy) is 1. The molecule has 0 heterocycles. The second-order valence-electron chi connectivity index (χ2n) is 10.4. The quantitative estimate of drug-likeness (QED) is 0.215. The lowest BCUT2D eigenvalue weighted by Gasteiger charge is -2.43. The lowest BCUT2D eigenvalue weighted by atomic mass is 9.60. The maximum atomic E-state index is 5.85. The van der Waals surface area contributed by atoms with E-state index in [9.17, 15) is 0 Å². The number of allylic oxidation sites excluding steroid dienone is 10. The molecule has 0 spiro atoms. The van der Waals surface area contributed by atoms with Crippen molar-refractivity contribution in [3.8, 4) is 0 Å². The van der Waals surface area contributed by atoms with Gasteiger partial charge in [-0.15, -0.1) is 0 Å². The van der Waals surface area contributed by atoms with E-state index < -0.39 is 0 Å². The van der Waals surface area contributed by atoms with Crippen LogP contribution >= 0.6 is 0 Å². The standard InChI is InChI=1S/C30H43NO/c1-9-26-14-12-10-11-13-15-28(23(26)6)30(27-16-17-27)22(5)18-21(4)29(30)24(7)31-25(8)32-19-20(2)3/h10-15,18,20-21,26-27,29H,8-9,16-17,19H2,1-7H3/b11-10+,14-12?,15-13-,28-23-,31-24-. The topological polar surface area (TPSA) is 21.6 Å². The lowest BCUT2D eigenvalue weighted by molar-refractivity contribution is 0.178. The molecule has 0 aromatic heterocycles. The molecule has 32 heavy (non-hydrogen) atoms. The fourth-order valence-electron chi connectivity index (χ4n) is 6.13. The van der Waals surface area contributed by atoms with Gasteiger partial charge in [0.1, 0.15) is 0 Å². The molecule has 2 heteroatoms. The van der Waals surface area contributed by atoms with E-state index in [0.717, 1.165) is 12.1 Å². The highest BCUT2D eigenvalue weighted by Gasteiger charge is 2.58. The van der Waals surface area contributed by atoms with Crippen LogP contribution in [-0.2, 0) is 4.74 Å². The first-order chi connectivity index (χ1) is 15.2. The van der Waals surface area contributed by atoms with Gasteiger partial charge in [-0.3, -0.25) is 0 Å². The van der Waals surface area contributed by atoms with Gasteiger partial charge in [-0.25, -0.2) is 4.99 Å². The summed E-state index contributed by atoms with van der Waals surface area (Å²) in [7, 11) is 0. The summed E-state index contributed by atoms with van der Waals surface area (Å²) in [6, 6.07) is 0. The Bertz CT molecular complexity index is 890. The van der Waals surface area contributed by atoms with Crippen LogP contribution in [0.4, 0.5) is 0 Å². The van der Waals surface area contributed by atoms with E-state index in [1.165, 1.54) is 29.6 Å². The lowest BCUT2D eigenvalue weighted by Crippen LogP contribution is -2.39. The molecule has 1 fully saturated rings.